The second-order valence-electron chi connectivity index (χ2n) is 6.03. The van der Waals surface area contributed by atoms with Crippen LogP contribution in [0.25, 0.3) is 5.69 Å². The van der Waals surface area contributed by atoms with E-state index in [-0.39, 0.29) is 11.7 Å². The summed E-state index contributed by atoms with van der Waals surface area (Å²) in [5, 5.41) is 3.55. The van der Waals surface area contributed by atoms with E-state index in [1.807, 2.05) is 0 Å². The molecule has 128 valence electrons. The third-order valence-electron chi connectivity index (χ3n) is 4.10. The lowest BCUT2D eigenvalue weighted by Gasteiger charge is -2.17. The molecule has 0 radical (unpaired) electrons. The van der Waals surface area contributed by atoms with E-state index >= 15 is 0 Å². The zero-order chi connectivity index (χ0) is 17.5. The van der Waals surface area contributed by atoms with E-state index < -0.39 is 17.8 Å². The fraction of sp³-hybridized carbons (Fsp3) is 0.375. The molecular formula is C16H17F3N4O. The Morgan fingerprint density at radius 1 is 1.33 bits per heavy atom. The molecule has 1 aliphatic rings. The highest BCUT2D eigenvalue weighted by Gasteiger charge is 2.36. The van der Waals surface area contributed by atoms with Crippen LogP contribution in [0.2, 0.25) is 0 Å². The van der Waals surface area contributed by atoms with Gasteiger partial charge in [0, 0.05) is 12.1 Å². The van der Waals surface area contributed by atoms with Crippen molar-refractivity contribution >= 4 is 5.91 Å². The number of aromatic nitrogens is 2. The van der Waals surface area contributed by atoms with Gasteiger partial charge in [0.2, 0.25) is 0 Å². The number of alkyl halides is 3. The topological polar surface area (TPSA) is 86.9 Å². The maximum absolute atomic E-state index is 12.9. The van der Waals surface area contributed by atoms with E-state index in [9.17, 15) is 18.0 Å². The fourth-order valence-corrected chi connectivity index (χ4v) is 2.71. The zero-order valence-electron chi connectivity index (χ0n) is 12.8. The van der Waals surface area contributed by atoms with Crippen molar-refractivity contribution in [2.45, 2.75) is 31.5 Å². The van der Waals surface area contributed by atoms with Gasteiger partial charge >= 0.3 is 6.18 Å². The average Bonchev–Trinajstić information content (AvgIpc) is 3.19. The predicted octanol–water partition coefficient (Wildman–Crippen LogP) is 2.79. The van der Waals surface area contributed by atoms with E-state index in [4.69, 9.17) is 11.5 Å². The van der Waals surface area contributed by atoms with Gasteiger partial charge in [0.25, 0.3) is 5.91 Å². The van der Waals surface area contributed by atoms with Gasteiger partial charge < -0.3 is 11.5 Å². The van der Waals surface area contributed by atoms with E-state index in [0.717, 1.165) is 23.9 Å². The molecule has 1 fully saturated rings. The molecule has 2 aromatic rings. The number of hydrogen-bond donors (Lipinski definition) is 2. The van der Waals surface area contributed by atoms with Gasteiger partial charge in [0.1, 0.15) is 5.69 Å². The first-order chi connectivity index (χ1) is 11.3. The second kappa shape index (κ2) is 5.94. The van der Waals surface area contributed by atoms with Gasteiger partial charge in [-0.1, -0.05) is 31.0 Å². The van der Waals surface area contributed by atoms with Gasteiger partial charge in [-0.2, -0.15) is 18.3 Å². The van der Waals surface area contributed by atoms with E-state index in [1.54, 1.807) is 24.3 Å². The van der Waals surface area contributed by atoms with Crippen LogP contribution < -0.4 is 11.5 Å². The minimum atomic E-state index is -4.67. The number of primary amides is 1. The van der Waals surface area contributed by atoms with Crippen molar-refractivity contribution in [2.24, 2.45) is 17.4 Å². The average molecular weight is 338 g/mol. The Bertz CT molecular complexity index is 765. The lowest BCUT2D eigenvalue weighted by molar-refractivity contribution is -0.141. The van der Waals surface area contributed by atoms with E-state index in [1.165, 1.54) is 0 Å². The monoisotopic (exact) mass is 338 g/mol. The zero-order valence-corrected chi connectivity index (χ0v) is 12.8. The van der Waals surface area contributed by atoms with Gasteiger partial charge in [-0.25, -0.2) is 4.68 Å². The van der Waals surface area contributed by atoms with E-state index in [2.05, 4.69) is 5.10 Å². The first-order valence-electron chi connectivity index (χ1n) is 7.59. The van der Waals surface area contributed by atoms with Crippen molar-refractivity contribution in [3.63, 3.8) is 0 Å². The minimum Gasteiger partial charge on any atom is -0.364 e. The van der Waals surface area contributed by atoms with Crippen LogP contribution in [0.4, 0.5) is 13.2 Å². The molecule has 1 aromatic carbocycles. The second-order valence-corrected chi connectivity index (χ2v) is 6.03. The van der Waals surface area contributed by atoms with Gasteiger partial charge in [0.05, 0.1) is 5.69 Å². The summed E-state index contributed by atoms with van der Waals surface area (Å²) in [4.78, 5) is 11.6. The molecule has 0 bridgehead atoms. The summed E-state index contributed by atoms with van der Waals surface area (Å²) in [5.41, 5.74) is 10.9. The third kappa shape index (κ3) is 3.28. The molecule has 3 rings (SSSR count). The number of nitrogens with two attached hydrogens (primary N) is 2. The van der Waals surface area contributed by atoms with Crippen LogP contribution >= 0.6 is 0 Å². The summed E-state index contributed by atoms with van der Waals surface area (Å²) in [6.07, 6.45) is -1.69. The van der Waals surface area contributed by atoms with Crippen LogP contribution in [0.1, 0.15) is 47.1 Å². The number of rotatable bonds is 5. The fourth-order valence-electron chi connectivity index (χ4n) is 2.71. The van der Waals surface area contributed by atoms with Crippen LogP contribution in [0, 0.1) is 5.92 Å². The van der Waals surface area contributed by atoms with Crippen molar-refractivity contribution < 1.29 is 18.0 Å². The SMILES string of the molecule is NC(=O)c1cc(C(F)(F)F)nn1-c1ccccc1C(N)CC1CC1. The molecule has 0 aliphatic heterocycles. The Morgan fingerprint density at radius 3 is 2.58 bits per heavy atom. The Morgan fingerprint density at radius 2 is 2.00 bits per heavy atom. The molecule has 8 heteroatoms. The number of benzene rings is 1. The number of halogens is 3. The Kier molecular flexibility index (Phi) is 4.08. The van der Waals surface area contributed by atoms with Gasteiger partial charge in [-0.3, -0.25) is 4.79 Å². The van der Waals surface area contributed by atoms with Crippen molar-refractivity contribution in [3.8, 4) is 5.69 Å². The molecule has 1 saturated carbocycles. The Hall–Kier alpha value is -2.35. The summed E-state index contributed by atoms with van der Waals surface area (Å²) in [6.45, 7) is 0. The highest BCUT2D eigenvalue weighted by atomic mass is 19.4. The number of hydrogen-bond acceptors (Lipinski definition) is 3. The molecule has 1 unspecified atom stereocenters. The minimum absolute atomic E-state index is 0.326. The predicted molar refractivity (Wildman–Crippen MR) is 81.4 cm³/mol. The highest BCUT2D eigenvalue weighted by Crippen LogP contribution is 2.38. The lowest BCUT2D eigenvalue weighted by Crippen LogP contribution is -2.20. The molecule has 1 aliphatic carbocycles. The molecule has 0 saturated heterocycles. The number of nitrogens with zero attached hydrogens (tertiary/aromatic N) is 2. The molecule has 4 N–H and O–H groups in total. The van der Waals surface area contributed by atoms with Crippen molar-refractivity contribution in [2.75, 3.05) is 0 Å². The Balaban J connectivity index is 2.08. The van der Waals surface area contributed by atoms with Crippen molar-refractivity contribution in [3.05, 3.63) is 47.3 Å². The standard InChI is InChI=1S/C16H17F3N4O/c17-16(18,19)14-8-13(15(21)24)23(22-14)12-4-2-1-3-10(12)11(20)7-9-5-6-9/h1-4,8-9,11H,5-7,20H2,(H2,21,24). The first-order valence-corrected chi connectivity index (χ1v) is 7.59. The summed E-state index contributed by atoms with van der Waals surface area (Å²) in [5.74, 6) is -0.435. The van der Waals surface area contributed by atoms with E-state index in [0.29, 0.717) is 23.2 Å². The van der Waals surface area contributed by atoms with Gasteiger partial charge in [-0.15, -0.1) is 0 Å². The number of amides is 1. The normalized spacial score (nSPS) is 16.2. The smallest absolute Gasteiger partial charge is 0.364 e. The quantitative estimate of drug-likeness (QED) is 0.879. The lowest BCUT2D eigenvalue weighted by atomic mass is 10.00. The molecule has 1 atom stereocenters. The summed E-state index contributed by atoms with van der Waals surface area (Å²) >= 11 is 0. The van der Waals surface area contributed by atoms with Crippen LogP contribution in [0.3, 0.4) is 0 Å². The first kappa shape index (κ1) is 16.5. The maximum atomic E-state index is 12.9. The maximum Gasteiger partial charge on any atom is 0.435 e. The summed E-state index contributed by atoms with van der Waals surface area (Å²) < 4.78 is 39.8. The third-order valence-corrected chi connectivity index (χ3v) is 4.10. The highest BCUT2D eigenvalue weighted by molar-refractivity contribution is 5.92. The van der Waals surface area contributed by atoms with Crippen LogP contribution in [0.5, 0.6) is 0 Å². The Labute approximate surface area is 136 Å². The molecule has 1 heterocycles. The van der Waals surface area contributed by atoms with Crippen molar-refractivity contribution in [1.82, 2.24) is 9.78 Å². The summed E-state index contributed by atoms with van der Waals surface area (Å²) in [7, 11) is 0. The molecular weight excluding hydrogens is 321 g/mol. The number of para-hydroxylation sites is 1. The summed E-state index contributed by atoms with van der Waals surface area (Å²) in [6, 6.07) is 7.05. The molecule has 5 nitrogen and oxygen atoms in total. The van der Waals surface area contributed by atoms with Crippen LogP contribution in [-0.4, -0.2) is 15.7 Å². The van der Waals surface area contributed by atoms with Crippen LogP contribution in [-0.2, 0) is 6.18 Å². The van der Waals surface area contributed by atoms with Crippen LogP contribution in [0.15, 0.2) is 30.3 Å². The van der Waals surface area contributed by atoms with Gasteiger partial charge in [-0.05, 0) is 24.0 Å². The largest absolute Gasteiger partial charge is 0.435 e. The molecule has 1 amide bonds. The number of carbonyl (C=O) groups is 1. The van der Waals surface area contributed by atoms with Crippen molar-refractivity contribution in [1.29, 1.82) is 0 Å². The molecule has 1 aromatic heterocycles. The molecule has 24 heavy (non-hydrogen) atoms. The van der Waals surface area contributed by atoms with Gasteiger partial charge in [0.15, 0.2) is 5.69 Å². The molecule has 0 spiro atoms. The number of carbonyl (C=O) groups excluding carboxylic acids is 1.